The number of aromatic amines is 1. The van der Waals surface area contributed by atoms with E-state index in [4.69, 9.17) is 25.8 Å². The van der Waals surface area contributed by atoms with Crippen LogP contribution in [-0.2, 0) is 10.0 Å². The molecule has 1 aromatic carbocycles. The molecule has 3 heterocycles. The average Bonchev–Trinajstić information content (AvgIpc) is 3.47. The van der Waals surface area contributed by atoms with E-state index in [0.29, 0.717) is 21.6 Å². The monoisotopic (exact) mass is 496 g/mol. The zero-order chi connectivity index (χ0) is 23.6. The number of benzene rings is 1. The molecular weight excluding hydrogens is 479 g/mol. The summed E-state index contributed by atoms with van der Waals surface area (Å²) in [6, 6.07) is 4.87. The van der Waals surface area contributed by atoms with Crippen LogP contribution < -0.4 is 18.9 Å². The molecule has 0 fully saturated rings. The first-order valence-corrected chi connectivity index (χ1v) is 11.3. The number of hydrogen-bond acceptors (Lipinski definition) is 8. The molecule has 2 N–H and O–H groups in total. The predicted molar refractivity (Wildman–Crippen MR) is 118 cm³/mol. The maximum absolute atomic E-state index is 13.2. The summed E-state index contributed by atoms with van der Waals surface area (Å²) >= 11 is 6.34. The van der Waals surface area contributed by atoms with Crippen LogP contribution in [0.3, 0.4) is 0 Å². The third-order valence-electron chi connectivity index (χ3n) is 4.50. The highest BCUT2D eigenvalue weighted by atomic mass is 35.5. The zero-order valence-electron chi connectivity index (χ0n) is 17.4. The summed E-state index contributed by atoms with van der Waals surface area (Å²) in [4.78, 5) is 10.9. The minimum absolute atomic E-state index is 0.0498. The van der Waals surface area contributed by atoms with Crippen molar-refractivity contribution in [1.29, 1.82) is 0 Å². The predicted octanol–water partition coefficient (Wildman–Crippen LogP) is 2.96. The topological polar surface area (TPSA) is 133 Å². The number of anilines is 1. The largest absolute Gasteiger partial charge is 0.481 e. The van der Waals surface area contributed by atoms with Crippen LogP contribution in [0.1, 0.15) is 0 Å². The average molecular weight is 497 g/mol. The van der Waals surface area contributed by atoms with Gasteiger partial charge in [-0.05, 0) is 18.2 Å². The van der Waals surface area contributed by atoms with Gasteiger partial charge in [0.2, 0.25) is 11.7 Å². The SMILES string of the molecule is COc1nc(NS(=O)(=O)c2c[nH]c3c(-n4cccn4)c(Cl)ccc23)nc(OC)c1OCCF. The Labute approximate surface area is 192 Å². The van der Waals surface area contributed by atoms with E-state index in [1.54, 1.807) is 30.6 Å². The maximum Gasteiger partial charge on any atom is 0.266 e. The van der Waals surface area contributed by atoms with Crippen molar-refractivity contribution in [2.45, 2.75) is 4.90 Å². The number of nitrogens with zero attached hydrogens (tertiary/aromatic N) is 4. The van der Waals surface area contributed by atoms with Gasteiger partial charge in [0, 0.05) is 24.0 Å². The summed E-state index contributed by atoms with van der Waals surface area (Å²) < 4.78 is 58.2. The summed E-state index contributed by atoms with van der Waals surface area (Å²) in [7, 11) is -1.58. The molecule has 14 heteroatoms. The highest BCUT2D eigenvalue weighted by Gasteiger charge is 2.25. The molecule has 0 atom stereocenters. The molecule has 33 heavy (non-hydrogen) atoms. The number of nitrogens with one attached hydrogen (secondary N) is 2. The Kier molecular flexibility index (Phi) is 6.24. The van der Waals surface area contributed by atoms with Crippen LogP contribution >= 0.6 is 11.6 Å². The van der Waals surface area contributed by atoms with Gasteiger partial charge in [-0.3, -0.25) is 0 Å². The lowest BCUT2D eigenvalue weighted by atomic mass is 10.2. The molecule has 4 aromatic rings. The standard InChI is InChI=1S/C19H18ClFN6O5S/c1-30-17-16(32-9-6-21)18(31-2)25-19(24-17)26-33(28,29)13-10-22-14-11(13)4-5-12(20)15(14)27-8-3-7-23-27/h3-5,7-8,10,22H,6,9H2,1-2H3,(H,24,25,26). The highest BCUT2D eigenvalue weighted by Crippen LogP contribution is 2.36. The smallest absolute Gasteiger partial charge is 0.266 e. The van der Waals surface area contributed by atoms with Crippen molar-refractivity contribution in [1.82, 2.24) is 24.7 Å². The Hall–Kier alpha value is -3.58. The minimum Gasteiger partial charge on any atom is -0.481 e. The van der Waals surface area contributed by atoms with Crippen molar-refractivity contribution in [2.75, 3.05) is 32.2 Å². The van der Waals surface area contributed by atoms with Crippen LogP contribution in [0.25, 0.3) is 16.6 Å². The first-order valence-electron chi connectivity index (χ1n) is 9.40. The molecule has 11 nitrogen and oxygen atoms in total. The number of aromatic nitrogens is 5. The maximum atomic E-state index is 13.2. The van der Waals surface area contributed by atoms with Crippen LogP contribution in [0, 0.1) is 0 Å². The lowest BCUT2D eigenvalue weighted by Crippen LogP contribution is -2.16. The van der Waals surface area contributed by atoms with Crippen molar-refractivity contribution >= 4 is 38.5 Å². The van der Waals surface area contributed by atoms with Gasteiger partial charge >= 0.3 is 0 Å². The molecule has 4 rings (SSSR count). The van der Waals surface area contributed by atoms with E-state index in [9.17, 15) is 12.8 Å². The van der Waals surface area contributed by atoms with Gasteiger partial charge in [0.1, 0.15) is 23.9 Å². The Morgan fingerprint density at radius 3 is 2.55 bits per heavy atom. The second-order valence-electron chi connectivity index (χ2n) is 6.46. The number of ether oxygens (including phenoxy) is 3. The van der Waals surface area contributed by atoms with E-state index in [1.807, 2.05) is 0 Å². The van der Waals surface area contributed by atoms with Gasteiger partial charge in [0.25, 0.3) is 21.8 Å². The molecule has 0 bridgehead atoms. The van der Waals surface area contributed by atoms with E-state index in [-0.39, 0.29) is 35.0 Å². The number of methoxy groups -OCH3 is 2. The van der Waals surface area contributed by atoms with Crippen LogP contribution in [0.2, 0.25) is 5.02 Å². The second kappa shape index (κ2) is 9.11. The molecular formula is C19H18ClFN6O5S. The summed E-state index contributed by atoms with van der Waals surface area (Å²) in [5, 5.41) is 4.92. The Balaban J connectivity index is 1.75. The van der Waals surface area contributed by atoms with E-state index >= 15 is 0 Å². The van der Waals surface area contributed by atoms with Crippen molar-refractivity contribution in [3.63, 3.8) is 0 Å². The first kappa shape index (κ1) is 22.6. The number of alkyl halides is 1. The zero-order valence-corrected chi connectivity index (χ0v) is 18.9. The molecule has 0 aliphatic heterocycles. The second-order valence-corrected chi connectivity index (χ2v) is 8.52. The molecule has 174 valence electrons. The number of sulfonamides is 1. The third-order valence-corrected chi connectivity index (χ3v) is 6.18. The van der Waals surface area contributed by atoms with E-state index < -0.39 is 16.7 Å². The van der Waals surface area contributed by atoms with Crippen molar-refractivity contribution < 1.29 is 27.0 Å². The van der Waals surface area contributed by atoms with Gasteiger partial charge in [-0.25, -0.2) is 22.2 Å². The molecule has 0 radical (unpaired) electrons. The Morgan fingerprint density at radius 1 is 1.21 bits per heavy atom. The molecule has 0 saturated heterocycles. The van der Waals surface area contributed by atoms with Gasteiger partial charge in [-0.15, -0.1) is 0 Å². The molecule has 0 amide bonds. The third kappa shape index (κ3) is 4.24. The van der Waals surface area contributed by atoms with E-state index in [0.717, 1.165) is 0 Å². The van der Waals surface area contributed by atoms with Gasteiger partial charge in [0.05, 0.1) is 24.8 Å². The van der Waals surface area contributed by atoms with Crippen molar-refractivity contribution in [3.8, 4) is 23.2 Å². The molecule has 0 aliphatic rings. The molecule has 3 aromatic heterocycles. The number of halogens is 2. The van der Waals surface area contributed by atoms with Gasteiger partial charge in [0.15, 0.2) is 0 Å². The quantitative estimate of drug-likeness (QED) is 0.361. The lowest BCUT2D eigenvalue weighted by Gasteiger charge is -2.14. The van der Waals surface area contributed by atoms with Crippen LogP contribution in [-0.4, -0.2) is 60.7 Å². The lowest BCUT2D eigenvalue weighted by molar-refractivity contribution is 0.240. The Morgan fingerprint density at radius 2 is 1.94 bits per heavy atom. The number of rotatable bonds is 9. The van der Waals surface area contributed by atoms with Gasteiger partial charge in [-0.2, -0.15) is 15.1 Å². The summed E-state index contributed by atoms with van der Waals surface area (Å²) in [5.74, 6) is -0.627. The van der Waals surface area contributed by atoms with E-state index in [2.05, 4.69) is 24.8 Å². The van der Waals surface area contributed by atoms with Crippen molar-refractivity contribution in [2.24, 2.45) is 0 Å². The molecule has 0 unspecified atom stereocenters. The Bertz CT molecular complexity index is 1370. The first-order chi connectivity index (χ1) is 15.9. The fourth-order valence-corrected chi connectivity index (χ4v) is 4.51. The molecule has 0 spiro atoms. The van der Waals surface area contributed by atoms with Crippen molar-refractivity contribution in [3.05, 3.63) is 41.8 Å². The molecule has 0 aliphatic carbocycles. The summed E-state index contributed by atoms with van der Waals surface area (Å²) in [6.07, 6.45) is 4.59. The van der Waals surface area contributed by atoms with Crippen LogP contribution in [0.5, 0.6) is 17.5 Å². The number of hydrogen-bond donors (Lipinski definition) is 2. The molecule has 0 saturated carbocycles. The highest BCUT2D eigenvalue weighted by molar-refractivity contribution is 7.93. The number of H-pyrrole nitrogens is 1. The summed E-state index contributed by atoms with van der Waals surface area (Å²) in [6.45, 7) is -1.04. The van der Waals surface area contributed by atoms with Gasteiger partial charge < -0.3 is 19.2 Å². The fourth-order valence-electron chi connectivity index (χ4n) is 3.15. The summed E-state index contributed by atoms with van der Waals surface area (Å²) in [5.41, 5.74) is 0.965. The van der Waals surface area contributed by atoms with E-state index in [1.165, 1.54) is 25.1 Å². The van der Waals surface area contributed by atoms with Crippen LogP contribution in [0.15, 0.2) is 41.7 Å². The fraction of sp³-hybridized carbons (Fsp3) is 0.211. The van der Waals surface area contributed by atoms with Crippen LogP contribution in [0.4, 0.5) is 10.3 Å². The minimum atomic E-state index is -4.17. The number of fused-ring (bicyclic) bond motifs is 1. The normalized spacial score (nSPS) is 11.5. The van der Waals surface area contributed by atoms with Gasteiger partial charge in [-0.1, -0.05) is 11.6 Å².